The van der Waals surface area contributed by atoms with Gasteiger partial charge in [0, 0.05) is 31.4 Å². The summed E-state index contributed by atoms with van der Waals surface area (Å²) in [7, 11) is 3.48. The Morgan fingerprint density at radius 3 is 2.57 bits per heavy atom. The van der Waals surface area contributed by atoms with Gasteiger partial charge in [0.1, 0.15) is 12.0 Å². The van der Waals surface area contributed by atoms with Gasteiger partial charge in [-0.15, -0.1) is 0 Å². The van der Waals surface area contributed by atoms with Crippen LogP contribution in [0, 0.1) is 13.8 Å². The summed E-state index contributed by atoms with van der Waals surface area (Å²) in [5, 5.41) is 7.35. The average Bonchev–Trinajstić information content (AvgIpc) is 2.72. The lowest BCUT2D eigenvalue weighted by atomic mass is 10.0. The molecule has 0 aliphatic rings. The normalized spacial score (nSPS) is 11.6. The monoisotopic (exact) mass is 410 g/mol. The van der Waals surface area contributed by atoms with Crippen LogP contribution in [0.1, 0.15) is 31.4 Å². The summed E-state index contributed by atoms with van der Waals surface area (Å²) in [5.41, 5.74) is 10.5. The number of para-hydroxylation sites is 1. The number of amides is 1. The number of carbonyl (C=O) groups is 1. The van der Waals surface area contributed by atoms with E-state index >= 15 is 0 Å². The predicted octanol–water partition coefficient (Wildman–Crippen LogP) is 3.71. The lowest BCUT2D eigenvalue weighted by Crippen LogP contribution is -2.22. The number of aryl methyl sites for hydroxylation is 3. The highest BCUT2D eigenvalue weighted by Gasteiger charge is 2.13. The molecule has 0 saturated carbocycles. The molecular weight excluding hydrogens is 376 g/mol. The van der Waals surface area contributed by atoms with Crippen LogP contribution in [0.4, 0.5) is 0 Å². The van der Waals surface area contributed by atoms with E-state index in [1.807, 2.05) is 12.1 Å². The van der Waals surface area contributed by atoms with Crippen molar-refractivity contribution in [2.45, 2.75) is 40.7 Å². The molecule has 3 rings (SSSR count). The Morgan fingerprint density at radius 1 is 1.13 bits per heavy atom. The SMILES string of the molecule is C.Cc1ccc2/c(=N/OCCC(=O)N(C)C)c3ccccc3n(CCCN)c2c1C. The Hall–Kier alpha value is -2.86. The molecule has 2 aromatic carbocycles. The first-order valence-corrected chi connectivity index (χ1v) is 10.0. The van der Waals surface area contributed by atoms with E-state index in [0.717, 1.165) is 40.1 Å². The largest absolute Gasteiger partial charge is 0.395 e. The van der Waals surface area contributed by atoms with Crippen LogP contribution in [0.25, 0.3) is 21.8 Å². The van der Waals surface area contributed by atoms with Crippen LogP contribution in [-0.4, -0.2) is 42.6 Å². The lowest BCUT2D eigenvalue weighted by Gasteiger charge is -2.18. The van der Waals surface area contributed by atoms with Gasteiger partial charge in [0.05, 0.1) is 17.5 Å². The molecule has 0 aliphatic carbocycles. The first kappa shape index (κ1) is 23.4. The maximum absolute atomic E-state index is 11.8. The smallest absolute Gasteiger partial charge is 0.225 e. The molecule has 1 aromatic heterocycles. The minimum atomic E-state index is 0. The third kappa shape index (κ3) is 4.65. The van der Waals surface area contributed by atoms with Crippen molar-refractivity contribution in [3.8, 4) is 0 Å². The van der Waals surface area contributed by atoms with Crippen LogP contribution in [-0.2, 0) is 16.2 Å². The Morgan fingerprint density at radius 2 is 1.87 bits per heavy atom. The number of hydrogen-bond acceptors (Lipinski definition) is 4. The topological polar surface area (TPSA) is 72.8 Å². The standard InChI is InChI=1S/C23H30N4O2.CH4/c1-16-10-11-19-22(25-29-15-12-21(28)26(3)4)18-8-5-6-9-20(18)27(14-7-13-24)23(19)17(16)2;/h5-6,8-11H,7,12-15,24H2,1-4H3;1H4/b25-22+;. The second kappa shape index (κ2) is 10.3. The zero-order valence-corrected chi connectivity index (χ0v) is 17.7. The van der Waals surface area contributed by atoms with Crippen molar-refractivity contribution in [3.63, 3.8) is 0 Å². The molecule has 0 fully saturated rings. The Balaban J connectivity index is 0.00000320. The summed E-state index contributed by atoms with van der Waals surface area (Å²) >= 11 is 0. The fraction of sp³-hybridized carbons (Fsp3) is 0.417. The van der Waals surface area contributed by atoms with E-state index < -0.39 is 0 Å². The summed E-state index contributed by atoms with van der Waals surface area (Å²) in [6.07, 6.45) is 1.20. The van der Waals surface area contributed by atoms with Crippen LogP contribution in [0.2, 0.25) is 0 Å². The first-order valence-electron chi connectivity index (χ1n) is 10.0. The van der Waals surface area contributed by atoms with Gasteiger partial charge in [-0.3, -0.25) is 4.79 Å². The molecule has 1 amide bonds. The Labute approximate surface area is 178 Å². The minimum Gasteiger partial charge on any atom is -0.395 e. The van der Waals surface area contributed by atoms with Gasteiger partial charge in [0.15, 0.2) is 0 Å². The predicted molar refractivity (Wildman–Crippen MR) is 124 cm³/mol. The number of nitrogens with zero attached hydrogens (tertiary/aromatic N) is 3. The number of nitrogens with two attached hydrogens (primary N) is 1. The van der Waals surface area contributed by atoms with Crippen molar-refractivity contribution >= 4 is 27.7 Å². The van der Waals surface area contributed by atoms with Crippen LogP contribution in [0.3, 0.4) is 0 Å². The van der Waals surface area contributed by atoms with Crippen LogP contribution >= 0.6 is 0 Å². The van der Waals surface area contributed by atoms with Gasteiger partial charge in [-0.2, -0.15) is 0 Å². The maximum atomic E-state index is 11.8. The van der Waals surface area contributed by atoms with E-state index in [4.69, 9.17) is 10.6 Å². The van der Waals surface area contributed by atoms with Crippen LogP contribution < -0.4 is 11.1 Å². The number of pyridine rings is 1. The fourth-order valence-corrected chi connectivity index (χ4v) is 3.56. The van der Waals surface area contributed by atoms with E-state index in [-0.39, 0.29) is 19.9 Å². The quantitative estimate of drug-likeness (QED) is 0.367. The molecule has 0 bridgehead atoms. The number of fused-ring (bicyclic) bond motifs is 2. The van der Waals surface area contributed by atoms with Gasteiger partial charge in [-0.1, -0.05) is 42.9 Å². The molecule has 6 nitrogen and oxygen atoms in total. The van der Waals surface area contributed by atoms with Crippen molar-refractivity contribution in [1.82, 2.24) is 9.47 Å². The van der Waals surface area contributed by atoms with Gasteiger partial charge >= 0.3 is 0 Å². The number of hydrogen-bond donors (Lipinski definition) is 1. The number of aromatic nitrogens is 1. The Kier molecular flexibility index (Phi) is 8.00. The number of benzene rings is 2. The molecule has 0 aliphatic heterocycles. The number of carbonyl (C=O) groups excluding carboxylic acids is 1. The highest BCUT2D eigenvalue weighted by molar-refractivity contribution is 5.95. The van der Waals surface area contributed by atoms with Crippen LogP contribution in [0.15, 0.2) is 41.6 Å². The van der Waals surface area contributed by atoms with Gasteiger partial charge in [0.25, 0.3) is 0 Å². The molecule has 2 N–H and O–H groups in total. The van der Waals surface area contributed by atoms with E-state index in [9.17, 15) is 4.79 Å². The average molecular weight is 411 g/mol. The molecule has 0 spiro atoms. The third-order valence-electron chi connectivity index (χ3n) is 5.32. The number of rotatable bonds is 7. The highest BCUT2D eigenvalue weighted by Crippen LogP contribution is 2.24. The molecule has 0 unspecified atom stereocenters. The molecule has 1 heterocycles. The molecule has 0 radical (unpaired) electrons. The summed E-state index contributed by atoms with van der Waals surface area (Å²) < 4.78 is 2.34. The zero-order valence-electron chi connectivity index (χ0n) is 17.7. The molecular formula is C24H34N4O2. The van der Waals surface area contributed by atoms with E-state index in [2.05, 4.69) is 47.8 Å². The summed E-state index contributed by atoms with van der Waals surface area (Å²) in [4.78, 5) is 19.0. The third-order valence-corrected chi connectivity index (χ3v) is 5.32. The highest BCUT2D eigenvalue weighted by atomic mass is 16.6. The maximum Gasteiger partial charge on any atom is 0.225 e. The summed E-state index contributed by atoms with van der Waals surface area (Å²) in [6.45, 7) is 6.00. The van der Waals surface area contributed by atoms with E-state index in [0.29, 0.717) is 13.0 Å². The second-order valence-corrected chi connectivity index (χ2v) is 7.53. The van der Waals surface area contributed by atoms with Crippen molar-refractivity contribution in [3.05, 3.63) is 52.9 Å². The summed E-state index contributed by atoms with van der Waals surface area (Å²) in [5.74, 6) is 0.0223. The van der Waals surface area contributed by atoms with Gasteiger partial charge < -0.3 is 20.0 Å². The molecule has 0 atom stereocenters. The fourth-order valence-electron chi connectivity index (χ4n) is 3.56. The van der Waals surface area contributed by atoms with E-state index in [1.165, 1.54) is 11.1 Å². The first-order chi connectivity index (χ1) is 14.0. The van der Waals surface area contributed by atoms with Crippen molar-refractivity contribution in [1.29, 1.82) is 0 Å². The molecule has 162 valence electrons. The minimum absolute atomic E-state index is 0. The van der Waals surface area contributed by atoms with Gasteiger partial charge in [-0.25, -0.2) is 0 Å². The van der Waals surface area contributed by atoms with Gasteiger partial charge in [0.2, 0.25) is 5.91 Å². The van der Waals surface area contributed by atoms with Crippen LogP contribution in [0.5, 0.6) is 0 Å². The molecule has 3 aromatic rings. The summed E-state index contributed by atoms with van der Waals surface area (Å²) in [6, 6.07) is 12.5. The molecule has 6 heteroatoms. The zero-order chi connectivity index (χ0) is 21.0. The molecule has 0 saturated heterocycles. The van der Waals surface area contributed by atoms with Crippen molar-refractivity contribution < 1.29 is 9.63 Å². The van der Waals surface area contributed by atoms with E-state index in [1.54, 1.807) is 19.0 Å². The second-order valence-electron chi connectivity index (χ2n) is 7.53. The van der Waals surface area contributed by atoms with Crippen molar-refractivity contribution in [2.75, 3.05) is 27.2 Å². The lowest BCUT2D eigenvalue weighted by molar-refractivity contribution is -0.129. The van der Waals surface area contributed by atoms with Crippen molar-refractivity contribution in [2.24, 2.45) is 10.9 Å². The Bertz CT molecular complexity index is 1100. The molecule has 30 heavy (non-hydrogen) atoms. The van der Waals surface area contributed by atoms with Gasteiger partial charge in [-0.05, 0) is 44.0 Å².